The number of nitrogens with two attached hydrogens (primary N) is 1. The maximum absolute atomic E-state index is 5.82. The van der Waals surface area contributed by atoms with E-state index in [1.807, 2.05) is 37.5 Å². The molecule has 2 aromatic rings. The van der Waals surface area contributed by atoms with Gasteiger partial charge in [0.25, 0.3) is 0 Å². The molecule has 0 fully saturated rings. The number of aromatic nitrogens is 2. The number of pyridine rings is 2. The Labute approximate surface area is 95.4 Å². The van der Waals surface area contributed by atoms with Crippen LogP contribution in [0.5, 0.6) is 0 Å². The van der Waals surface area contributed by atoms with Crippen molar-refractivity contribution < 1.29 is 0 Å². The molecule has 1 unspecified atom stereocenters. The molecule has 82 valence electrons. The Kier molecular flexibility index (Phi) is 3.27. The van der Waals surface area contributed by atoms with Crippen LogP contribution in [0.1, 0.15) is 22.7 Å². The predicted octanol–water partition coefficient (Wildman–Crippen LogP) is 1.88. The highest BCUT2D eigenvalue weighted by molar-refractivity contribution is 5.29. The third-order valence-electron chi connectivity index (χ3n) is 2.66. The summed E-state index contributed by atoms with van der Waals surface area (Å²) < 4.78 is 0. The molecule has 0 aliphatic carbocycles. The smallest absolute Gasteiger partial charge is 0.0372 e. The molecule has 0 aromatic carbocycles. The molecule has 3 nitrogen and oxygen atoms in total. The number of nitrogens with zero attached hydrogens (tertiary/aromatic N) is 2. The average molecular weight is 213 g/mol. The Hall–Kier alpha value is -1.74. The van der Waals surface area contributed by atoms with E-state index in [0.717, 1.165) is 16.8 Å². The van der Waals surface area contributed by atoms with Crippen LogP contribution in [-0.4, -0.2) is 16.5 Å². The van der Waals surface area contributed by atoms with E-state index < -0.39 is 0 Å². The Balaban J connectivity index is 2.33. The predicted molar refractivity (Wildman–Crippen MR) is 64.1 cm³/mol. The standard InChI is InChI=1S/C13H15N3/c1-10-4-5-12(9-16-10)13(7-14)11-3-2-6-15-8-11/h2-6,8-9,13H,7,14H2,1H3. The fraction of sp³-hybridized carbons (Fsp3) is 0.231. The fourth-order valence-electron chi connectivity index (χ4n) is 1.73. The zero-order valence-electron chi connectivity index (χ0n) is 9.30. The van der Waals surface area contributed by atoms with Gasteiger partial charge in [-0.1, -0.05) is 12.1 Å². The van der Waals surface area contributed by atoms with Crippen LogP contribution in [0, 0.1) is 6.92 Å². The summed E-state index contributed by atoms with van der Waals surface area (Å²) in [4.78, 5) is 8.42. The van der Waals surface area contributed by atoms with Gasteiger partial charge in [0.15, 0.2) is 0 Å². The van der Waals surface area contributed by atoms with Crippen LogP contribution in [-0.2, 0) is 0 Å². The fourth-order valence-corrected chi connectivity index (χ4v) is 1.73. The number of hydrogen-bond donors (Lipinski definition) is 1. The molecule has 0 saturated carbocycles. The van der Waals surface area contributed by atoms with Crippen LogP contribution < -0.4 is 5.73 Å². The zero-order valence-corrected chi connectivity index (χ0v) is 9.30. The molecule has 2 rings (SSSR count). The van der Waals surface area contributed by atoms with Crippen molar-refractivity contribution in [2.75, 3.05) is 6.54 Å². The van der Waals surface area contributed by atoms with Gasteiger partial charge in [-0.15, -0.1) is 0 Å². The SMILES string of the molecule is Cc1ccc(C(CN)c2cccnc2)cn1. The molecule has 2 heterocycles. The van der Waals surface area contributed by atoms with Gasteiger partial charge in [-0.2, -0.15) is 0 Å². The van der Waals surface area contributed by atoms with Gasteiger partial charge in [-0.05, 0) is 30.2 Å². The van der Waals surface area contributed by atoms with Gasteiger partial charge in [-0.25, -0.2) is 0 Å². The van der Waals surface area contributed by atoms with Crippen molar-refractivity contribution in [2.24, 2.45) is 5.73 Å². The summed E-state index contributed by atoms with van der Waals surface area (Å²) in [6.07, 6.45) is 5.52. The van der Waals surface area contributed by atoms with Crippen molar-refractivity contribution in [3.05, 3.63) is 59.7 Å². The first kappa shape index (κ1) is 10.8. The Morgan fingerprint density at radius 3 is 2.56 bits per heavy atom. The van der Waals surface area contributed by atoms with Crippen molar-refractivity contribution in [1.82, 2.24) is 9.97 Å². The molecule has 16 heavy (non-hydrogen) atoms. The lowest BCUT2D eigenvalue weighted by atomic mass is 9.94. The monoisotopic (exact) mass is 213 g/mol. The summed E-state index contributed by atoms with van der Waals surface area (Å²) in [5, 5.41) is 0. The second kappa shape index (κ2) is 4.86. The molecule has 0 aliphatic rings. The Morgan fingerprint density at radius 2 is 2.00 bits per heavy atom. The largest absolute Gasteiger partial charge is 0.330 e. The van der Waals surface area contributed by atoms with Crippen molar-refractivity contribution >= 4 is 0 Å². The molecule has 2 N–H and O–H groups in total. The summed E-state index contributed by atoms with van der Waals surface area (Å²) in [6, 6.07) is 8.06. The number of hydrogen-bond acceptors (Lipinski definition) is 3. The van der Waals surface area contributed by atoms with Gasteiger partial charge < -0.3 is 5.73 Å². The Morgan fingerprint density at radius 1 is 1.19 bits per heavy atom. The van der Waals surface area contributed by atoms with Crippen molar-refractivity contribution in [2.45, 2.75) is 12.8 Å². The van der Waals surface area contributed by atoms with Gasteiger partial charge in [0, 0.05) is 36.7 Å². The minimum atomic E-state index is 0.182. The first-order valence-corrected chi connectivity index (χ1v) is 5.34. The highest BCUT2D eigenvalue weighted by Gasteiger charge is 2.12. The first-order valence-electron chi connectivity index (χ1n) is 5.34. The molecular formula is C13H15N3. The third-order valence-corrected chi connectivity index (χ3v) is 2.66. The molecule has 1 atom stereocenters. The highest BCUT2D eigenvalue weighted by atomic mass is 14.7. The normalized spacial score (nSPS) is 12.4. The lowest BCUT2D eigenvalue weighted by Crippen LogP contribution is -2.14. The van der Waals surface area contributed by atoms with Gasteiger partial charge in [0.1, 0.15) is 0 Å². The van der Waals surface area contributed by atoms with E-state index in [1.165, 1.54) is 0 Å². The van der Waals surface area contributed by atoms with Crippen LogP contribution >= 0.6 is 0 Å². The lowest BCUT2D eigenvalue weighted by Gasteiger charge is -2.14. The molecule has 0 aliphatic heterocycles. The molecular weight excluding hydrogens is 198 g/mol. The van der Waals surface area contributed by atoms with E-state index in [9.17, 15) is 0 Å². The second-order valence-corrected chi connectivity index (χ2v) is 3.81. The highest BCUT2D eigenvalue weighted by Crippen LogP contribution is 2.21. The van der Waals surface area contributed by atoms with E-state index in [-0.39, 0.29) is 5.92 Å². The maximum Gasteiger partial charge on any atom is 0.0372 e. The van der Waals surface area contributed by atoms with Crippen molar-refractivity contribution in [1.29, 1.82) is 0 Å². The van der Waals surface area contributed by atoms with Gasteiger partial charge >= 0.3 is 0 Å². The van der Waals surface area contributed by atoms with Crippen LogP contribution in [0.2, 0.25) is 0 Å². The van der Waals surface area contributed by atoms with Crippen LogP contribution in [0.4, 0.5) is 0 Å². The molecule has 0 spiro atoms. The van der Waals surface area contributed by atoms with Crippen molar-refractivity contribution in [3.63, 3.8) is 0 Å². The van der Waals surface area contributed by atoms with E-state index in [4.69, 9.17) is 5.73 Å². The molecule has 2 aromatic heterocycles. The summed E-state index contributed by atoms with van der Waals surface area (Å²) in [5.74, 6) is 0.182. The molecule has 0 amide bonds. The van der Waals surface area contributed by atoms with E-state index in [1.54, 1.807) is 6.20 Å². The maximum atomic E-state index is 5.82. The summed E-state index contributed by atoms with van der Waals surface area (Å²) >= 11 is 0. The first-order chi connectivity index (χ1) is 7.81. The van der Waals surface area contributed by atoms with Gasteiger partial charge in [0.2, 0.25) is 0 Å². The number of rotatable bonds is 3. The number of aryl methyl sites for hydroxylation is 1. The zero-order chi connectivity index (χ0) is 11.4. The minimum Gasteiger partial charge on any atom is -0.330 e. The molecule has 0 saturated heterocycles. The molecule has 3 heteroatoms. The average Bonchev–Trinajstić information content (AvgIpc) is 2.34. The topological polar surface area (TPSA) is 51.8 Å². The van der Waals surface area contributed by atoms with E-state index in [2.05, 4.69) is 16.0 Å². The second-order valence-electron chi connectivity index (χ2n) is 3.81. The van der Waals surface area contributed by atoms with Gasteiger partial charge in [0.05, 0.1) is 0 Å². The summed E-state index contributed by atoms with van der Waals surface area (Å²) in [6.45, 7) is 2.54. The molecule has 0 bridgehead atoms. The third kappa shape index (κ3) is 2.25. The molecule has 0 radical (unpaired) electrons. The van der Waals surface area contributed by atoms with Crippen LogP contribution in [0.25, 0.3) is 0 Å². The minimum absolute atomic E-state index is 0.182. The summed E-state index contributed by atoms with van der Waals surface area (Å²) in [5.41, 5.74) is 9.11. The van der Waals surface area contributed by atoms with E-state index >= 15 is 0 Å². The van der Waals surface area contributed by atoms with Gasteiger partial charge in [-0.3, -0.25) is 9.97 Å². The quantitative estimate of drug-likeness (QED) is 0.846. The van der Waals surface area contributed by atoms with Crippen LogP contribution in [0.3, 0.4) is 0 Å². The van der Waals surface area contributed by atoms with E-state index in [0.29, 0.717) is 6.54 Å². The summed E-state index contributed by atoms with van der Waals surface area (Å²) in [7, 11) is 0. The lowest BCUT2D eigenvalue weighted by molar-refractivity contribution is 0.806. The van der Waals surface area contributed by atoms with Crippen LogP contribution in [0.15, 0.2) is 42.9 Å². The Bertz CT molecular complexity index is 436. The van der Waals surface area contributed by atoms with Crippen molar-refractivity contribution in [3.8, 4) is 0 Å².